The second-order valence-electron chi connectivity index (χ2n) is 14.5. The highest BCUT2D eigenvalue weighted by atomic mass is 16.5. The molecule has 9 rings (SSSR count). The maximum Gasteiger partial charge on any atom is 0.244 e. The van der Waals surface area contributed by atoms with Gasteiger partial charge in [-0.2, -0.15) is 10.5 Å². The van der Waals surface area contributed by atoms with Gasteiger partial charge >= 0.3 is 0 Å². The molecule has 1 saturated heterocycles. The molecule has 0 aliphatic carbocycles. The first-order valence-electron chi connectivity index (χ1n) is 19.5. The van der Waals surface area contributed by atoms with Gasteiger partial charge in [0.1, 0.15) is 46.3 Å². The number of amides is 2. The number of hydrogen-bond acceptors (Lipinski definition) is 15. The second-order valence-corrected chi connectivity index (χ2v) is 14.5. The van der Waals surface area contributed by atoms with Crippen LogP contribution in [0, 0.1) is 22.7 Å². The van der Waals surface area contributed by atoms with Gasteiger partial charge in [0.2, 0.25) is 35.1 Å². The van der Waals surface area contributed by atoms with Gasteiger partial charge in [-0.05, 0) is 61.4 Å². The van der Waals surface area contributed by atoms with Gasteiger partial charge < -0.3 is 55.3 Å². The number of ketones is 2. The maximum absolute atomic E-state index is 13.6. The highest BCUT2D eigenvalue weighted by molar-refractivity contribution is 6.18. The first kappa shape index (κ1) is 43.1. The Morgan fingerprint density at radius 2 is 1.03 bits per heavy atom. The molecule has 0 bridgehead atoms. The number of nitrogens with zero attached hydrogens (tertiary/aromatic N) is 2. The lowest BCUT2D eigenvalue weighted by Gasteiger charge is -2.27. The number of fused-ring (bicyclic) bond motifs is 4. The largest absolute Gasteiger partial charge is 0.497 e. The Balaban J connectivity index is 0.000000170. The summed E-state index contributed by atoms with van der Waals surface area (Å²) in [6.45, 7) is 2.00. The molecule has 0 aromatic heterocycles. The van der Waals surface area contributed by atoms with E-state index in [0.29, 0.717) is 34.0 Å². The molecule has 17 nitrogen and oxygen atoms in total. The lowest BCUT2D eigenvalue weighted by Crippen LogP contribution is -2.48. The number of carbonyl (C=O) groups is 4. The predicted molar refractivity (Wildman–Crippen MR) is 225 cm³/mol. The summed E-state index contributed by atoms with van der Waals surface area (Å²) >= 11 is 0. The SMILES string of the molecule is C1CCOC1.COc1ccc(OC)c(C(=O)[C@H]2OC(N)=C(C#N)[C@@]23C(=O)Nc2ccccc23)c1.COc1ccc(OC)c(C(=O)[C@H]2OC(N)=C(C#N)[C@@]23C(=O)Nc2ccccc23)c1. The van der Waals surface area contributed by atoms with Crippen LogP contribution < -0.4 is 41.0 Å². The first-order valence-corrected chi connectivity index (χ1v) is 19.5. The summed E-state index contributed by atoms with van der Waals surface area (Å²) in [6, 6.07) is 27.0. The van der Waals surface area contributed by atoms with Crippen LogP contribution >= 0.6 is 0 Å². The van der Waals surface area contributed by atoms with E-state index in [-0.39, 0.29) is 45.5 Å². The van der Waals surface area contributed by atoms with Crippen LogP contribution in [0.15, 0.2) is 108 Å². The summed E-state index contributed by atoms with van der Waals surface area (Å²) in [7, 11) is 5.79. The molecule has 63 heavy (non-hydrogen) atoms. The molecule has 5 aliphatic rings. The molecule has 4 aromatic carbocycles. The average molecular weight is 855 g/mol. The zero-order chi connectivity index (χ0) is 45.1. The lowest BCUT2D eigenvalue weighted by molar-refractivity contribution is -0.122. The molecule has 2 spiro atoms. The molecule has 4 aromatic rings. The highest BCUT2D eigenvalue weighted by Gasteiger charge is 2.65. The number of nitriles is 2. The van der Waals surface area contributed by atoms with Crippen LogP contribution in [0.4, 0.5) is 11.4 Å². The molecular formula is C46H42N6O11. The fraction of sp³-hybridized carbons (Fsp3) is 0.261. The van der Waals surface area contributed by atoms with Gasteiger partial charge in [0, 0.05) is 35.7 Å². The number of nitrogens with one attached hydrogen (secondary N) is 2. The van der Waals surface area contributed by atoms with Crippen molar-refractivity contribution in [2.24, 2.45) is 11.5 Å². The number of methoxy groups -OCH3 is 4. The quantitative estimate of drug-likeness (QED) is 0.178. The van der Waals surface area contributed by atoms with Crippen molar-refractivity contribution in [1.82, 2.24) is 0 Å². The smallest absolute Gasteiger partial charge is 0.244 e. The van der Waals surface area contributed by atoms with Gasteiger partial charge in [-0.3, -0.25) is 19.2 Å². The summed E-state index contributed by atoms with van der Waals surface area (Å²) in [5.41, 5.74) is 10.6. The van der Waals surface area contributed by atoms with Crippen molar-refractivity contribution in [2.75, 3.05) is 52.3 Å². The fourth-order valence-corrected chi connectivity index (χ4v) is 8.37. The number of carbonyl (C=O) groups excluding carboxylic acids is 4. The Morgan fingerprint density at radius 3 is 1.37 bits per heavy atom. The van der Waals surface area contributed by atoms with Gasteiger partial charge in [0.25, 0.3) is 0 Å². The molecule has 4 atom stereocenters. The van der Waals surface area contributed by atoms with E-state index in [2.05, 4.69) is 10.6 Å². The van der Waals surface area contributed by atoms with E-state index in [1.165, 1.54) is 53.4 Å². The van der Waals surface area contributed by atoms with Crippen molar-refractivity contribution in [3.8, 4) is 35.1 Å². The highest BCUT2D eigenvalue weighted by Crippen LogP contribution is 2.53. The molecule has 0 unspecified atom stereocenters. The first-order chi connectivity index (χ1) is 30.5. The van der Waals surface area contributed by atoms with Crippen LogP contribution in [0.25, 0.3) is 0 Å². The van der Waals surface area contributed by atoms with E-state index >= 15 is 0 Å². The summed E-state index contributed by atoms with van der Waals surface area (Å²) in [6.07, 6.45) is -0.191. The van der Waals surface area contributed by atoms with Crippen LogP contribution in [0.3, 0.4) is 0 Å². The minimum atomic E-state index is -1.68. The number of hydrogen-bond donors (Lipinski definition) is 4. The van der Waals surface area contributed by atoms with E-state index in [9.17, 15) is 29.7 Å². The summed E-state index contributed by atoms with van der Waals surface area (Å²) < 4.78 is 37.3. The minimum Gasteiger partial charge on any atom is -0.497 e. The van der Waals surface area contributed by atoms with Gasteiger partial charge in [0.05, 0.1) is 39.6 Å². The van der Waals surface area contributed by atoms with Crippen molar-refractivity contribution in [3.63, 3.8) is 0 Å². The van der Waals surface area contributed by atoms with Gasteiger partial charge in [-0.25, -0.2) is 0 Å². The van der Waals surface area contributed by atoms with Crippen LogP contribution in [-0.2, 0) is 34.6 Å². The van der Waals surface area contributed by atoms with Crippen LogP contribution in [0.1, 0.15) is 44.7 Å². The number of benzene rings is 4. The molecule has 17 heteroatoms. The van der Waals surface area contributed by atoms with Gasteiger partial charge in [0.15, 0.2) is 23.0 Å². The molecule has 0 radical (unpaired) electrons. The number of Topliss-reactive ketones (excluding diaryl/α,β-unsaturated/α-hetero) is 2. The van der Waals surface area contributed by atoms with Crippen molar-refractivity contribution in [1.29, 1.82) is 10.5 Å². The molecule has 0 saturated carbocycles. The minimum absolute atomic E-state index is 0.0971. The number of anilines is 2. The number of para-hydroxylation sites is 2. The van der Waals surface area contributed by atoms with Crippen molar-refractivity contribution in [2.45, 2.75) is 35.9 Å². The molecule has 5 heterocycles. The normalized spacial score (nSPS) is 22.1. The topological polar surface area (TPSA) is 257 Å². The molecule has 1 fully saturated rings. The Labute approximate surface area is 361 Å². The van der Waals surface area contributed by atoms with Crippen molar-refractivity contribution in [3.05, 3.63) is 130 Å². The molecule has 6 N–H and O–H groups in total. The molecular weight excluding hydrogens is 813 g/mol. The lowest BCUT2D eigenvalue weighted by atomic mass is 9.70. The third-order valence-corrected chi connectivity index (χ3v) is 11.3. The predicted octanol–water partition coefficient (Wildman–Crippen LogP) is 4.54. The van der Waals surface area contributed by atoms with Crippen LogP contribution in [-0.4, -0.2) is 77.2 Å². The summed E-state index contributed by atoms with van der Waals surface area (Å²) in [4.78, 5) is 53.5. The maximum atomic E-state index is 13.6. The number of rotatable bonds is 8. The standard InChI is InChI=1S/2C21H17N3O5.C4H8O/c2*1-27-11-7-8-16(28-2)12(9-11)17(25)18-21(14(10-22)19(23)29-18)13-5-3-4-6-15(13)24-20(21)26;1-2-4-5-3-1/h2*3-9,18H,23H2,1-2H3,(H,24,26);1-4H2/t2*18-,21-;/m11./s1. The van der Waals surface area contributed by atoms with E-state index in [1.807, 2.05) is 12.1 Å². The number of ether oxygens (including phenoxy) is 7. The van der Waals surface area contributed by atoms with Gasteiger partial charge in [-0.15, -0.1) is 0 Å². The zero-order valence-electron chi connectivity index (χ0n) is 34.6. The van der Waals surface area contributed by atoms with Gasteiger partial charge in [-0.1, -0.05) is 36.4 Å². The second kappa shape index (κ2) is 17.5. The Bertz CT molecular complexity index is 2490. The summed E-state index contributed by atoms with van der Waals surface area (Å²) in [5, 5.41) is 25.0. The molecule has 2 amide bonds. The number of nitrogens with two attached hydrogens (primary N) is 2. The van der Waals surface area contributed by atoms with Crippen molar-refractivity contribution >= 4 is 34.8 Å². The Kier molecular flexibility index (Phi) is 12.0. The average Bonchev–Trinajstić information content (AvgIpc) is 4.15. The fourth-order valence-electron chi connectivity index (χ4n) is 8.37. The van der Waals surface area contributed by atoms with E-state index in [4.69, 9.17) is 44.6 Å². The zero-order valence-corrected chi connectivity index (χ0v) is 34.6. The molecule has 5 aliphatic heterocycles. The third-order valence-electron chi connectivity index (χ3n) is 11.3. The Morgan fingerprint density at radius 1 is 0.635 bits per heavy atom. The van der Waals surface area contributed by atoms with Crippen LogP contribution in [0.2, 0.25) is 0 Å². The van der Waals surface area contributed by atoms with Crippen LogP contribution in [0.5, 0.6) is 23.0 Å². The van der Waals surface area contributed by atoms with E-state index in [0.717, 1.165) is 13.2 Å². The van der Waals surface area contributed by atoms with E-state index < -0.39 is 46.4 Å². The molecule has 322 valence electrons. The Hall–Kier alpha value is -8.02. The van der Waals surface area contributed by atoms with E-state index in [1.54, 1.807) is 72.8 Å². The third kappa shape index (κ3) is 6.94. The summed E-state index contributed by atoms with van der Waals surface area (Å²) in [5.74, 6) is -1.28. The van der Waals surface area contributed by atoms with Crippen molar-refractivity contribution < 1.29 is 52.3 Å². The monoisotopic (exact) mass is 854 g/mol.